The van der Waals surface area contributed by atoms with Gasteiger partial charge in [0, 0.05) is 62.8 Å². The largest absolute Gasteiger partial charge is 0.309 e. The van der Waals surface area contributed by atoms with Crippen molar-refractivity contribution in [2.75, 3.05) is 0 Å². The lowest BCUT2D eigenvalue weighted by Crippen LogP contribution is -1.94. The molecule has 0 aliphatic carbocycles. The van der Waals surface area contributed by atoms with Gasteiger partial charge < -0.3 is 8.97 Å². The van der Waals surface area contributed by atoms with Gasteiger partial charge >= 0.3 is 0 Å². The predicted octanol–water partition coefficient (Wildman–Crippen LogP) is 11.9. The molecule has 0 atom stereocenters. The molecule has 0 aliphatic heterocycles. The van der Waals surface area contributed by atoms with Gasteiger partial charge in [-0.1, -0.05) is 91.0 Å². The average molecular weight is 635 g/mol. The van der Waals surface area contributed by atoms with Crippen LogP contribution in [-0.2, 0) is 0 Å². The van der Waals surface area contributed by atoms with E-state index in [1.54, 1.807) is 0 Å². The molecular weight excluding hydrogens is 609 g/mol. The zero-order valence-corrected chi connectivity index (χ0v) is 26.8. The van der Waals surface area contributed by atoms with Crippen molar-refractivity contribution >= 4 is 92.2 Å². The van der Waals surface area contributed by atoms with E-state index < -0.39 is 0 Å². The van der Waals surface area contributed by atoms with E-state index in [2.05, 4.69) is 152 Å². The number of benzene rings is 7. The van der Waals surface area contributed by atoms with Crippen LogP contribution >= 0.6 is 0 Å². The van der Waals surface area contributed by atoms with Crippen molar-refractivity contribution in [3.63, 3.8) is 0 Å². The maximum Gasteiger partial charge on any atom is 0.0622 e. The number of hydrogen-bond donors (Lipinski definition) is 0. The van der Waals surface area contributed by atoms with Crippen LogP contribution in [0.2, 0.25) is 0 Å². The topological polar surface area (TPSA) is 35.1 Å². The van der Waals surface area contributed by atoms with Gasteiger partial charge in [-0.05, 0) is 85.9 Å². The van der Waals surface area contributed by atoms with Crippen LogP contribution in [0.4, 0.5) is 0 Å². The van der Waals surface area contributed by atoms with Gasteiger partial charge in [-0.3, -0.25) is 9.97 Å². The molecule has 0 saturated heterocycles. The number of aromatic nitrogens is 4. The van der Waals surface area contributed by atoms with Gasteiger partial charge in [0.05, 0.1) is 27.6 Å². The van der Waals surface area contributed by atoms with Crippen molar-refractivity contribution in [2.24, 2.45) is 0 Å². The summed E-state index contributed by atoms with van der Waals surface area (Å²) in [7, 11) is 0. The van der Waals surface area contributed by atoms with Crippen LogP contribution in [0.15, 0.2) is 158 Å². The third kappa shape index (κ3) is 3.30. The van der Waals surface area contributed by atoms with Crippen molar-refractivity contribution in [2.45, 2.75) is 0 Å². The lowest BCUT2D eigenvalue weighted by Gasteiger charge is -2.12. The maximum atomic E-state index is 4.46. The molecule has 5 aromatic heterocycles. The minimum absolute atomic E-state index is 1.11. The first-order chi connectivity index (χ1) is 24.8. The molecule has 0 unspecified atom stereocenters. The Balaban J connectivity index is 1.15. The molecule has 7 aromatic carbocycles. The highest BCUT2D eigenvalue weighted by Gasteiger charge is 2.21. The molecule has 0 bridgehead atoms. The average Bonchev–Trinajstić information content (AvgIpc) is 3.82. The fourth-order valence-corrected chi connectivity index (χ4v) is 8.87. The highest BCUT2D eigenvalue weighted by molar-refractivity contribution is 6.27. The minimum Gasteiger partial charge on any atom is -0.309 e. The van der Waals surface area contributed by atoms with E-state index in [0.717, 1.165) is 27.5 Å². The summed E-state index contributed by atoms with van der Waals surface area (Å²) in [4.78, 5) is 8.92. The normalized spacial score (nSPS) is 12.4. The smallest absolute Gasteiger partial charge is 0.0622 e. The third-order valence-corrected chi connectivity index (χ3v) is 11.0. The van der Waals surface area contributed by atoms with Crippen molar-refractivity contribution in [3.05, 3.63) is 158 Å². The van der Waals surface area contributed by atoms with Crippen LogP contribution in [0.25, 0.3) is 109 Å². The molecule has 5 heterocycles. The summed E-state index contributed by atoms with van der Waals surface area (Å²) >= 11 is 0. The monoisotopic (exact) mass is 634 g/mol. The van der Waals surface area contributed by atoms with Gasteiger partial charge in [-0.15, -0.1) is 0 Å². The zero-order valence-electron chi connectivity index (χ0n) is 26.8. The van der Waals surface area contributed by atoms with E-state index in [0.29, 0.717) is 0 Å². The van der Waals surface area contributed by atoms with Crippen molar-refractivity contribution in [1.82, 2.24) is 18.9 Å². The second-order valence-electron chi connectivity index (χ2n) is 13.4. The summed E-state index contributed by atoms with van der Waals surface area (Å²) in [5, 5.41) is 15.0. The van der Waals surface area contributed by atoms with Crippen LogP contribution in [0.1, 0.15) is 0 Å². The van der Waals surface area contributed by atoms with Crippen LogP contribution in [0.3, 0.4) is 0 Å². The number of hydrogen-bond acceptors (Lipinski definition) is 2. The van der Waals surface area contributed by atoms with E-state index in [4.69, 9.17) is 0 Å². The van der Waals surface area contributed by atoms with E-state index in [1.165, 1.54) is 81.5 Å². The number of nitrogens with zero attached hydrogens (tertiary/aromatic N) is 4. The van der Waals surface area contributed by atoms with Gasteiger partial charge in [0.15, 0.2) is 0 Å². The van der Waals surface area contributed by atoms with Gasteiger partial charge in [-0.2, -0.15) is 0 Å². The predicted molar refractivity (Wildman–Crippen MR) is 209 cm³/mol. The second kappa shape index (κ2) is 9.43. The fraction of sp³-hybridized carbons (Fsp3) is 0. The molecule has 230 valence electrons. The summed E-state index contributed by atoms with van der Waals surface area (Å²) < 4.78 is 4.85. The Bertz CT molecular complexity index is 3290. The van der Waals surface area contributed by atoms with Gasteiger partial charge in [0.25, 0.3) is 0 Å². The first-order valence-electron chi connectivity index (χ1n) is 17.1. The molecule has 0 spiro atoms. The first-order valence-corrected chi connectivity index (χ1v) is 17.1. The molecule has 12 rings (SSSR count). The molecule has 4 nitrogen and oxygen atoms in total. The Hall–Kier alpha value is -6.78. The molecule has 0 N–H and O–H groups in total. The quantitative estimate of drug-likeness (QED) is 0.177. The summed E-state index contributed by atoms with van der Waals surface area (Å²) in [6, 6.07) is 49.4. The van der Waals surface area contributed by atoms with Crippen molar-refractivity contribution in [1.29, 1.82) is 0 Å². The fourth-order valence-electron chi connectivity index (χ4n) is 8.87. The summed E-state index contributed by atoms with van der Waals surface area (Å²) in [6.45, 7) is 0. The molecular formula is C46H26N4. The number of pyridine rings is 2. The van der Waals surface area contributed by atoms with Crippen LogP contribution in [0.5, 0.6) is 0 Å². The van der Waals surface area contributed by atoms with Crippen molar-refractivity contribution in [3.8, 4) is 16.8 Å². The Morgan fingerprint density at radius 1 is 0.340 bits per heavy atom. The molecule has 12 aromatic rings. The summed E-state index contributed by atoms with van der Waals surface area (Å²) in [5.74, 6) is 0. The maximum absolute atomic E-state index is 4.46. The Kier molecular flexibility index (Phi) is 4.94. The molecule has 0 saturated carbocycles. The Morgan fingerprint density at radius 3 is 1.48 bits per heavy atom. The van der Waals surface area contributed by atoms with Gasteiger partial charge in [0.1, 0.15) is 0 Å². The molecule has 0 aliphatic rings. The Morgan fingerprint density at radius 2 is 0.840 bits per heavy atom. The summed E-state index contributed by atoms with van der Waals surface area (Å²) in [6.07, 6.45) is 7.66. The Labute approximate surface area is 285 Å². The first kappa shape index (κ1) is 26.2. The lowest BCUT2D eigenvalue weighted by atomic mass is 9.92. The molecule has 0 fully saturated rings. The molecule has 4 heteroatoms. The standard InChI is InChI=1S/C46H26N4/c1-2-9-32-30(7-1)31-8-3-4-10-33(31)37-21-27(13-15-34(32)37)28-14-16-36-39-24-29(49-43-17-19-47-25-40(43)41-26-48-20-18-44(41)49)23-38-35-11-5-6-12-42(35)50(46(38)39)45(36)22-28/h1-26H. The minimum atomic E-state index is 1.11. The van der Waals surface area contributed by atoms with Crippen molar-refractivity contribution < 1.29 is 0 Å². The molecule has 0 amide bonds. The van der Waals surface area contributed by atoms with Gasteiger partial charge in [-0.25, -0.2) is 0 Å². The SMILES string of the molecule is c1ccc2c(c1)c1ccccc1c1cc(-c3ccc4c5cc(-n6c7ccncc7c7cnccc76)cc6c7ccccc7n(c4c3)c65)ccc21. The van der Waals surface area contributed by atoms with E-state index in [1.807, 2.05) is 24.8 Å². The van der Waals surface area contributed by atoms with Crippen LogP contribution in [-0.4, -0.2) is 18.9 Å². The lowest BCUT2D eigenvalue weighted by molar-refractivity contribution is 1.18. The van der Waals surface area contributed by atoms with Crippen LogP contribution in [0, 0.1) is 0 Å². The van der Waals surface area contributed by atoms with Gasteiger partial charge in [0.2, 0.25) is 0 Å². The summed E-state index contributed by atoms with van der Waals surface area (Å²) in [5.41, 5.74) is 9.54. The van der Waals surface area contributed by atoms with Crippen LogP contribution < -0.4 is 0 Å². The molecule has 50 heavy (non-hydrogen) atoms. The zero-order chi connectivity index (χ0) is 32.5. The second-order valence-corrected chi connectivity index (χ2v) is 13.4. The highest BCUT2D eigenvalue weighted by Crippen LogP contribution is 2.44. The number of fused-ring (bicyclic) bond motifs is 15. The number of rotatable bonds is 2. The van der Waals surface area contributed by atoms with E-state index in [9.17, 15) is 0 Å². The molecule has 0 radical (unpaired) electrons. The third-order valence-electron chi connectivity index (χ3n) is 11.0. The van der Waals surface area contributed by atoms with E-state index >= 15 is 0 Å². The number of para-hydroxylation sites is 1. The highest BCUT2D eigenvalue weighted by atomic mass is 15.0. The van der Waals surface area contributed by atoms with E-state index in [-0.39, 0.29) is 0 Å².